The van der Waals surface area contributed by atoms with Gasteiger partial charge in [0, 0.05) is 25.6 Å². The minimum absolute atomic E-state index is 0.0810. The number of piperidine rings is 1. The summed E-state index contributed by atoms with van der Waals surface area (Å²) in [5.41, 5.74) is 0. The van der Waals surface area contributed by atoms with Crippen molar-refractivity contribution in [1.29, 1.82) is 0 Å². The van der Waals surface area contributed by atoms with E-state index in [0.717, 1.165) is 25.9 Å². The number of hydrogen-bond donors (Lipinski definition) is 1. The van der Waals surface area contributed by atoms with Crippen molar-refractivity contribution < 1.29 is 9.90 Å². The first-order valence-corrected chi connectivity index (χ1v) is 5.04. The van der Waals surface area contributed by atoms with E-state index in [4.69, 9.17) is 5.11 Å². The summed E-state index contributed by atoms with van der Waals surface area (Å²) in [6.45, 7) is 5.67. The highest BCUT2D eigenvalue weighted by atomic mass is 16.3. The lowest BCUT2D eigenvalue weighted by Gasteiger charge is -2.32. The molecule has 0 aliphatic carbocycles. The molecule has 1 amide bonds. The molecule has 0 radical (unpaired) electrons. The van der Waals surface area contributed by atoms with Crippen molar-refractivity contribution in [1.82, 2.24) is 4.90 Å². The van der Waals surface area contributed by atoms with Crippen molar-refractivity contribution >= 4 is 5.91 Å². The molecule has 0 bridgehead atoms. The molecule has 3 nitrogen and oxygen atoms in total. The van der Waals surface area contributed by atoms with Crippen LogP contribution in [0.5, 0.6) is 0 Å². The van der Waals surface area contributed by atoms with E-state index in [9.17, 15) is 4.79 Å². The summed E-state index contributed by atoms with van der Waals surface area (Å²) >= 11 is 0. The van der Waals surface area contributed by atoms with Gasteiger partial charge in [-0.1, -0.05) is 13.8 Å². The highest BCUT2D eigenvalue weighted by Crippen LogP contribution is 2.17. The first-order valence-electron chi connectivity index (χ1n) is 5.04. The second-order valence-corrected chi connectivity index (χ2v) is 4.13. The topological polar surface area (TPSA) is 40.5 Å². The summed E-state index contributed by atoms with van der Waals surface area (Å²) in [6.07, 6.45) is 2.09. The monoisotopic (exact) mass is 185 g/mol. The molecular formula is C10H19NO2. The quantitative estimate of drug-likeness (QED) is 0.693. The van der Waals surface area contributed by atoms with Crippen LogP contribution in [0.15, 0.2) is 0 Å². The molecule has 1 fully saturated rings. The van der Waals surface area contributed by atoms with Crippen molar-refractivity contribution in [2.24, 2.45) is 11.8 Å². The van der Waals surface area contributed by atoms with E-state index < -0.39 is 0 Å². The molecule has 0 saturated carbocycles. The highest BCUT2D eigenvalue weighted by molar-refractivity contribution is 5.78. The zero-order valence-corrected chi connectivity index (χ0v) is 8.49. The molecule has 1 atom stereocenters. The van der Waals surface area contributed by atoms with Gasteiger partial charge in [0.05, 0.1) is 0 Å². The third-order valence-corrected chi connectivity index (χ3v) is 2.58. The van der Waals surface area contributed by atoms with Crippen LogP contribution in [0.3, 0.4) is 0 Å². The lowest BCUT2D eigenvalue weighted by molar-refractivity contribution is -0.136. The Labute approximate surface area is 79.7 Å². The van der Waals surface area contributed by atoms with E-state index in [2.05, 4.69) is 0 Å². The van der Waals surface area contributed by atoms with Crippen molar-refractivity contribution in [3.05, 3.63) is 0 Å². The summed E-state index contributed by atoms with van der Waals surface area (Å²) in [7, 11) is 0. The second kappa shape index (κ2) is 4.61. The number of likely N-dealkylation sites (tertiary alicyclic amines) is 1. The van der Waals surface area contributed by atoms with Gasteiger partial charge >= 0.3 is 0 Å². The van der Waals surface area contributed by atoms with Gasteiger partial charge in [-0.3, -0.25) is 4.79 Å². The Morgan fingerprint density at radius 2 is 2.31 bits per heavy atom. The van der Waals surface area contributed by atoms with Gasteiger partial charge in [-0.05, 0) is 18.8 Å². The Balaban J connectivity index is 2.46. The number of rotatable bonds is 2. The van der Waals surface area contributed by atoms with Crippen LogP contribution in [0.4, 0.5) is 0 Å². The summed E-state index contributed by atoms with van der Waals surface area (Å²) in [5, 5.41) is 8.99. The lowest BCUT2D eigenvalue weighted by atomic mass is 9.98. The molecular weight excluding hydrogens is 166 g/mol. The van der Waals surface area contributed by atoms with Gasteiger partial charge in [0.25, 0.3) is 0 Å². The Kier molecular flexibility index (Phi) is 3.72. The van der Waals surface area contributed by atoms with Crippen LogP contribution in [0, 0.1) is 11.8 Å². The van der Waals surface area contributed by atoms with Gasteiger partial charge in [-0.2, -0.15) is 0 Å². The molecule has 76 valence electrons. The first-order chi connectivity index (χ1) is 6.15. The number of amides is 1. The number of carbonyl (C=O) groups is 1. The zero-order chi connectivity index (χ0) is 9.84. The van der Waals surface area contributed by atoms with Gasteiger partial charge < -0.3 is 10.0 Å². The van der Waals surface area contributed by atoms with Crippen molar-refractivity contribution in [3.8, 4) is 0 Å². The van der Waals surface area contributed by atoms with Crippen molar-refractivity contribution in [2.45, 2.75) is 26.7 Å². The SMILES string of the molecule is CC(C)C(=O)N1CCC[C@H](CO)C1. The van der Waals surface area contributed by atoms with Crippen molar-refractivity contribution in [3.63, 3.8) is 0 Å². The van der Waals surface area contributed by atoms with Crippen LogP contribution in [0.2, 0.25) is 0 Å². The molecule has 0 aromatic carbocycles. The van der Waals surface area contributed by atoms with E-state index in [1.54, 1.807) is 0 Å². The number of hydrogen-bond acceptors (Lipinski definition) is 2. The first kappa shape index (κ1) is 10.5. The van der Waals surface area contributed by atoms with Gasteiger partial charge in [0.15, 0.2) is 0 Å². The van der Waals surface area contributed by atoms with Crippen molar-refractivity contribution in [2.75, 3.05) is 19.7 Å². The predicted molar refractivity (Wildman–Crippen MR) is 51.2 cm³/mol. The molecule has 1 rings (SSSR count). The Morgan fingerprint density at radius 1 is 1.62 bits per heavy atom. The summed E-state index contributed by atoms with van der Waals surface area (Å²) in [6, 6.07) is 0. The summed E-state index contributed by atoms with van der Waals surface area (Å²) < 4.78 is 0. The van der Waals surface area contributed by atoms with Crippen LogP contribution < -0.4 is 0 Å². The minimum Gasteiger partial charge on any atom is -0.396 e. The zero-order valence-electron chi connectivity index (χ0n) is 8.49. The molecule has 1 aliphatic heterocycles. The smallest absolute Gasteiger partial charge is 0.225 e. The number of carbonyl (C=O) groups excluding carboxylic acids is 1. The molecule has 3 heteroatoms. The molecule has 0 unspecified atom stereocenters. The fourth-order valence-corrected chi connectivity index (χ4v) is 1.78. The maximum atomic E-state index is 11.6. The second-order valence-electron chi connectivity index (χ2n) is 4.13. The average Bonchev–Trinajstić information content (AvgIpc) is 2.16. The Bertz CT molecular complexity index is 180. The normalized spacial score (nSPS) is 23.7. The molecule has 0 aromatic rings. The largest absolute Gasteiger partial charge is 0.396 e. The third kappa shape index (κ3) is 2.69. The molecule has 0 spiro atoms. The molecule has 0 aromatic heterocycles. The Hall–Kier alpha value is -0.570. The lowest BCUT2D eigenvalue weighted by Crippen LogP contribution is -2.42. The van der Waals surface area contributed by atoms with Gasteiger partial charge in [-0.15, -0.1) is 0 Å². The summed E-state index contributed by atoms with van der Waals surface area (Å²) in [4.78, 5) is 13.5. The van der Waals surface area contributed by atoms with Crippen LogP contribution in [-0.2, 0) is 4.79 Å². The molecule has 13 heavy (non-hydrogen) atoms. The van der Waals surface area contributed by atoms with Crippen LogP contribution >= 0.6 is 0 Å². The number of aliphatic hydroxyl groups is 1. The molecule has 1 heterocycles. The average molecular weight is 185 g/mol. The van der Waals surface area contributed by atoms with Gasteiger partial charge in [-0.25, -0.2) is 0 Å². The number of aliphatic hydroxyl groups excluding tert-OH is 1. The maximum Gasteiger partial charge on any atom is 0.225 e. The number of nitrogens with zero attached hydrogens (tertiary/aromatic N) is 1. The van der Waals surface area contributed by atoms with Crippen LogP contribution in [-0.4, -0.2) is 35.6 Å². The minimum atomic E-state index is 0.0810. The maximum absolute atomic E-state index is 11.6. The highest BCUT2D eigenvalue weighted by Gasteiger charge is 2.24. The molecule has 1 aliphatic rings. The van der Waals surface area contributed by atoms with E-state index in [0.29, 0.717) is 5.92 Å². The molecule has 1 saturated heterocycles. The van der Waals surface area contributed by atoms with E-state index >= 15 is 0 Å². The standard InChI is InChI=1S/C10H19NO2/c1-8(2)10(13)11-5-3-4-9(6-11)7-12/h8-9,12H,3-7H2,1-2H3/t9-/m0/s1. The fraction of sp³-hybridized carbons (Fsp3) is 0.900. The van der Waals surface area contributed by atoms with E-state index in [1.807, 2.05) is 18.7 Å². The Morgan fingerprint density at radius 3 is 2.85 bits per heavy atom. The summed E-state index contributed by atoms with van der Waals surface area (Å²) in [5.74, 6) is 0.604. The predicted octanol–water partition coefficient (Wildman–Crippen LogP) is 0.873. The van der Waals surface area contributed by atoms with Gasteiger partial charge in [0.2, 0.25) is 5.91 Å². The van der Waals surface area contributed by atoms with Crippen LogP contribution in [0.1, 0.15) is 26.7 Å². The van der Waals surface area contributed by atoms with Crippen LogP contribution in [0.25, 0.3) is 0 Å². The van der Waals surface area contributed by atoms with E-state index in [-0.39, 0.29) is 18.4 Å². The van der Waals surface area contributed by atoms with E-state index in [1.165, 1.54) is 0 Å². The van der Waals surface area contributed by atoms with Gasteiger partial charge in [0.1, 0.15) is 0 Å². The third-order valence-electron chi connectivity index (χ3n) is 2.58. The fourth-order valence-electron chi connectivity index (χ4n) is 1.78. The molecule has 1 N–H and O–H groups in total.